The van der Waals surface area contributed by atoms with E-state index in [1.54, 1.807) is 12.3 Å². The Hall–Kier alpha value is -1.75. The van der Waals surface area contributed by atoms with Gasteiger partial charge in [-0.05, 0) is 31.0 Å². The molecule has 2 aromatic rings. The van der Waals surface area contributed by atoms with Crippen LogP contribution in [0.25, 0.3) is 0 Å². The van der Waals surface area contributed by atoms with E-state index in [2.05, 4.69) is 20.6 Å². The molecule has 1 aromatic heterocycles. The second kappa shape index (κ2) is 12.8. The molecule has 2 unspecified atom stereocenters. The van der Waals surface area contributed by atoms with Gasteiger partial charge < -0.3 is 15.5 Å². The zero-order valence-electron chi connectivity index (χ0n) is 17.1. The molecule has 2 heterocycles. The van der Waals surface area contributed by atoms with E-state index in [0.29, 0.717) is 36.4 Å². The normalized spacial score (nSPS) is 17.3. The summed E-state index contributed by atoms with van der Waals surface area (Å²) in [6, 6.07) is 13.0. The van der Waals surface area contributed by atoms with Gasteiger partial charge in [-0.2, -0.15) is 0 Å². The van der Waals surface area contributed by atoms with E-state index in [1.165, 1.54) is 6.07 Å². The maximum atomic E-state index is 14.0. The van der Waals surface area contributed by atoms with Crippen LogP contribution in [0.2, 0.25) is 0 Å². The number of aliphatic imine (C=N–C) groups is 1. The number of pyridine rings is 1. The fourth-order valence-electron chi connectivity index (χ4n) is 3.29. The molecule has 6 nitrogen and oxygen atoms in total. The molecule has 0 bridgehead atoms. The van der Waals surface area contributed by atoms with Crippen molar-refractivity contribution >= 4 is 46.6 Å². The molecule has 164 valence electrons. The molecule has 0 spiro atoms. The van der Waals surface area contributed by atoms with Crippen molar-refractivity contribution in [3.63, 3.8) is 0 Å². The highest BCUT2D eigenvalue weighted by molar-refractivity contribution is 14.0. The summed E-state index contributed by atoms with van der Waals surface area (Å²) in [6.45, 7) is 4.64. The topological polar surface area (TPSA) is 69.6 Å². The molecule has 0 saturated carbocycles. The van der Waals surface area contributed by atoms with Crippen LogP contribution < -0.4 is 15.5 Å². The number of hydrogen-bond acceptors (Lipinski definition) is 4. The summed E-state index contributed by atoms with van der Waals surface area (Å²) in [5, 5.41) is 6.64. The van der Waals surface area contributed by atoms with Gasteiger partial charge in [0.2, 0.25) is 0 Å². The molecule has 9 heteroatoms. The molecule has 1 aromatic carbocycles. The second-order valence-corrected chi connectivity index (χ2v) is 8.50. The number of aromatic nitrogens is 1. The maximum absolute atomic E-state index is 14.0. The maximum Gasteiger partial charge on any atom is 0.191 e. The Labute approximate surface area is 197 Å². The van der Waals surface area contributed by atoms with Crippen molar-refractivity contribution < 1.29 is 8.60 Å². The number of rotatable bonds is 8. The highest BCUT2D eigenvalue weighted by atomic mass is 127. The summed E-state index contributed by atoms with van der Waals surface area (Å²) >= 11 is 0. The number of anilines is 1. The van der Waals surface area contributed by atoms with Crippen LogP contribution in [0.1, 0.15) is 18.9 Å². The zero-order chi connectivity index (χ0) is 20.5. The van der Waals surface area contributed by atoms with Crippen molar-refractivity contribution in [2.45, 2.75) is 25.1 Å². The van der Waals surface area contributed by atoms with Crippen LogP contribution >= 0.6 is 24.0 Å². The lowest BCUT2D eigenvalue weighted by atomic mass is 10.2. The van der Waals surface area contributed by atoms with Crippen molar-refractivity contribution in [1.29, 1.82) is 0 Å². The molecular formula is C21H29FIN5OS. The molecule has 1 fully saturated rings. The summed E-state index contributed by atoms with van der Waals surface area (Å²) in [6.07, 6.45) is 2.49. The molecule has 2 N–H and O–H groups in total. The lowest BCUT2D eigenvalue weighted by Gasteiger charge is -2.19. The van der Waals surface area contributed by atoms with Crippen LogP contribution in [0.4, 0.5) is 10.2 Å². The van der Waals surface area contributed by atoms with Crippen LogP contribution in [0.15, 0.2) is 53.7 Å². The number of benzene rings is 1. The fourth-order valence-corrected chi connectivity index (χ4v) is 4.29. The van der Waals surface area contributed by atoms with Gasteiger partial charge in [-0.1, -0.05) is 30.3 Å². The number of hydrogen-bond donors (Lipinski definition) is 2. The van der Waals surface area contributed by atoms with Gasteiger partial charge in [-0.15, -0.1) is 24.0 Å². The van der Waals surface area contributed by atoms with Crippen molar-refractivity contribution in [1.82, 2.24) is 15.6 Å². The summed E-state index contributed by atoms with van der Waals surface area (Å²) in [7, 11) is -0.949. The van der Waals surface area contributed by atoms with Crippen LogP contribution in [0, 0.1) is 5.82 Å². The van der Waals surface area contributed by atoms with E-state index in [-0.39, 0.29) is 35.8 Å². The smallest absolute Gasteiger partial charge is 0.191 e. The molecule has 0 amide bonds. The van der Waals surface area contributed by atoms with E-state index >= 15 is 0 Å². The third-order valence-electron chi connectivity index (χ3n) is 4.67. The Morgan fingerprint density at radius 2 is 2.10 bits per heavy atom. The number of halogens is 2. The molecule has 1 aliphatic rings. The minimum absolute atomic E-state index is 0. The van der Waals surface area contributed by atoms with Gasteiger partial charge >= 0.3 is 0 Å². The Morgan fingerprint density at radius 3 is 2.83 bits per heavy atom. The van der Waals surface area contributed by atoms with Gasteiger partial charge in [0.15, 0.2) is 17.6 Å². The quantitative estimate of drug-likeness (QED) is 0.304. The van der Waals surface area contributed by atoms with Crippen LogP contribution in [0.3, 0.4) is 0 Å². The van der Waals surface area contributed by atoms with Crippen molar-refractivity contribution in [3.05, 3.63) is 60.0 Å². The molecule has 0 aliphatic carbocycles. The van der Waals surface area contributed by atoms with Gasteiger partial charge in [0.1, 0.15) is 0 Å². The first-order valence-electron chi connectivity index (χ1n) is 9.95. The first-order valence-corrected chi connectivity index (χ1v) is 11.4. The highest BCUT2D eigenvalue weighted by Gasteiger charge is 2.25. The van der Waals surface area contributed by atoms with Crippen LogP contribution in [0.5, 0.6) is 0 Å². The predicted molar refractivity (Wildman–Crippen MR) is 132 cm³/mol. The average molecular weight is 545 g/mol. The highest BCUT2D eigenvalue weighted by Crippen LogP contribution is 2.20. The molecular weight excluding hydrogens is 516 g/mol. The van der Waals surface area contributed by atoms with E-state index in [9.17, 15) is 8.60 Å². The molecule has 3 rings (SSSR count). The Kier molecular flexibility index (Phi) is 10.5. The zero-order valence-corrected chi connectivity index (χ0v) is 20.2. The first-order chi connectivity index (χ1) is 14.2. The summed E-state index contributed by atoms with van der Waals surface area (Å²) in [4.78, 5) is 10.7. The third kappa shape index (κ3) is 7.50. The standard InChI is InChI=1S/C21H28FN5OS.HI/c1-2-23-21(25-12-14-29(28)16-17-7-4-3-5-8-17)26-18-10-13-27(15-18)20-19(22)9-6-11-24-20;/h3-9,11,18H,2,10,12-16H2,1H3,(H2,23,25,26);1H. The van der Waals surface area contributed by atoms with E-state index in [0.717, 1.165) is 25.1 Å². The van der Waals surface area contributed by atoms with E-state index in [1.807, 2.05) is 42.2 Å². The summed E-state index contributed by atoms with van der Waals surface area (Å²) in [5.41, 5.74) is 1.08. The summed E-state index contributed by atoms with van der Waals surface area (Å²) < 4.78 is 26.2. The van der Waals surface area contributed by atoms with Crippen LogP contribution in [-0.4, -0.2) is 53.1 Å². The molecule has 0 radical (unpaired) electrons. The second-order valence-electron chi connectivity index (χ2n) is 6.92. The molecule has 30 heavy (non-hydrogen) atoms. The van der Waals surface area contributed by atoms with Crippen molar-refractivity contribution in [2.24, 2.45) is 4.99 Å². The Morgan fingerprint density at radius 1 is 1.30 bits per heavy atom. The summed E-state index contributed by atoms with van der Waals surface area (Å²) in [5.74, 6) is 1.87. The molecule has 1 saturated heterocycles. The SMILES string of the molecule is CCNC(=NCCS(=O)Cc1ccccc1)NC1CCN(c2ncccc2F)C1.I. The Bertz CT molecular complexity index is 839. The lowest BCUT2D eigenvalue weighted by Crippen LogP contribution is -2.45. The van der Waals surface area contributed by atoms with Gasteiger partial charge in [-0.3, -0.25) is 9.20 Å². The lowest BCUT2D eigenvalue weighted by molar-refractivity contribution is 0.612. The minimum Gasteiger partial charge on any atom is -0.357 e. The first kappa shape index (κ1) is 24.5. The molecule has 2 atom stereocenters. The van der Waals surface area contributed by atoms with Crippen LogP contribution in [-0.2, 0) is 16.6 Å². The number of nitrogens with one attached hydrogen (secondary N) is 2. The number of guanidine groups is 1. The Balaban J connectivity index is 0.00000320. The fraction of sp³-hybridized carbons (Fsp3) is 0.429. The van der Waals surface area contributed by atoms with Crippen molar-refractivity contribution in [2.75, 3.05) is 36.8 Å². The van der Waals surface area contributed by atoms with Gasteiger partial charge in [0.05, 0.1) is 6.54 Å². The van der Waals surface area contributed by atoms with E-state index in [4.69, 9.17) is 0 Å². The van der Waals surface area contributed by atoms with Crippen molar-refractivity contribution in [3.8, 4) is 0 Å². The van der Waals surface area contributed by atoms with E-state index < -0.39 is 10.8 Å². The average Bonchev–Trinajstić information content (AvgIpc) is 3.17. The minimum atomic E-state index is -0.949. The third-order valence-corrected chi connectivity index (χ3v) is 5.96. The van der Waals surface area contributed by atoms with Gasteiger partial charge in [-0.25, -0.2) is 9.37 Å². The number of nitrogens with zero attached hydrogens (tertiary/aromatic N) is 3. The monoisotopic (exact) mass is 545 g/mol. The van der Waals surface area contributed by atoms with Gasteiger partial charge in [0.25, 0.3) is 0 Å². The van der Waals surface area contributed by atoms with Gasteiger partial charge in [0, 0.05) is 54.2 Å². The predicted octanol–water partition coefficient (Wildman–Crippen LogP) is 2.92. The molecule has 1 aliphatic heterocycles. The largest absolute Gasteiger partial charge is 0.357 e.